The molecule has 1 fully saturated rings. The Labute approximate surface area is 114 Å². The van der Waals surface area contributed by atoms with Crippen molar-refractivity contribution in [1.29, 1.82) is 0 Å². The van der Waals surface area contributed by atoms with E-state index in [4.69, 9.17) is 5.11 Å². The summed E-state index contributed by atoms with van der Waals surface area (Å²) in [6.07, 6.45) is 1.76. The fraction of sp³-hybridized carbons (Fsp3) is 0.857. The van der Waals surface area contributed by atoms with Crippen LogP contribution in [-0.2, 0) is 9.59 Å². The highest BCUT2D eigenvalue weighted by atomic mass is 16.4. The van der Waals surface area contributed by atoms with Crippen LogP contribution in [0.25, 0.3) is 0 Å². The van der Waals surface area contributed by atoms with E-state index in [0.29, 0.717) is 25.8 Å². The van der Waals surface area contributed by atoms with Gasteiger partial charge in [-0.05, 0) is 39.0 Å². The number of carboxylic acids is 1. The van der Waals surface area contributed by atoms with Gasteiger partial charge < -0.3 is 15.1 Å². The summed E-state index contributed by atoms with van der Waals surface area (Å²) < 4.78 is 0. The van der Waals surface area contributed by atoms with Crippen LogP contribution in [0.2, 0.25) is 0 Å². The van der Waals surface area contributed by atoms with E-state index < -0.39 is 17.8 Å². The quantitative estimate of drug-likeness (QED) is 0.764. The maximum atomic E-state index is 12.5. The van der Waals surface area contributed by atoms with Crippen molar-refractivity contribution in [3.05, 3.63) is 0 Å². The zero-order valence-electron chi connectivity index (χ0n) is 12.0. The highest BCUT2D eigenvalue weighted by Gasteiger charge is 2.43. The number of aliphatic hydroxyl groups excluding tert-OH is 1. The molecule has 0 aliphatic heterocycles. The van der Waals surface area contributed by atoms with E-state index in [9.17, 15) is 14.7 Å². The maximum Gasteiger partial charge on any atom is 0.307 e. The van der Waals surface area contributed by atoms with Crippen LogP contribution in [0.15, 0.2) is 0 Å². The fourth-order valence-electron chi connectivity index (χ4n) is 2.91. The monoisotopic (exact) mass is 271 g/mol. The van der Waals surface area contributed by atoms with Gasteiger partial charge in [-0.3, -0.25) is 9.59 Å². The fourth-order valence-corrected chi connectivity index (χ4v) is 2.91. The molecule has 0 aromatic carbocycles. The Morgan fingerprint density at radius 1 is 1.26 bits per heavy atom. The standard InChI is InChI=1S/C14H25NO4/c1-9(2)15(5-4-6-16)13(17)11-7-10(3)8-12(11)14(18)19/h9-12,16H,4-8H2,1-3H3,(H,18,19). The van der Waals surface area contributed by atoms with Crippen LogP contribution in [0, 0.1) is 17.8 Å². The van der Waals surface area contributed by atoms with Gasteiger partial charge in [-0.2, -0.15) is 0 Å². The smallest absolute Gasteiger partial charge is 0.307 e. The van der Waals surface area contributed by atoms with Gasteiger partial charge in [0.25, 0.3) is 0 Å². The van der Waals surface area contributed by atoms with Gasteiger partial charge in [-0.1, -0.05) is 6.92 Å². The number of aliphatic carboxylic acids is 1. The van der Waals surface area contributed by atoms with Crippen LogP contribution in [0.3, 0.4) is 0 Å². The lowest BCUT2D eigenvalue weighted by molar-refractivity contribution is -0.149. The molecule has 5 nitrogen and oxygen atoms in total. The minimum atomic E-state index is -0.867. The lowest BCUT2D eigenvalue weighted by Gasteiger charge is -2.30. The van der Waals surface area contributed by atoms with Gasteiger partial charge in [-0.15, -0.1) is 0 Å². The van der Waals surface area contributed by atoms with E-state index in [1.165, 1.54) is 0 Å². The number of amides is 1. The number of nitrogens with zero attached hydrogens (tertiary/aromatic N) is 1. The van der Waals surface area contributed by atoms with Crippen molar-refractivity contribution in [2.45, 2.75) is 46.1 Å². The van der Waals surface area contributed by atoms with Crippen LogP contribution in [0.5, 0.6) is 0 Å². The second-order valence-electron chi connectivity index (χ2n) is 5.83. The summed E-state index contributed by atoms with van der Waals surface area (Å²) in [5.74, 6) is -1.62. The highest BCUT2D eigenvalue weighted by Crippen LogP contribution is 2.37. The average molecular weight is 271 g/mol. The number of hydrogen-bond donors (Lipinski definition) is 2. The van der Waals surface area contributed by atoms with Crippen molar-refractivity contribution >= 4 is 11.9 Å². The van der Waals surface area contributed by atoms with Gasteiger partial charge >= 0.3 is 5.97 Å². The lowest BCUT2D eigenvalue weighted by atomic mass is 9.94. The van der Waals surface area contributed by atoms with Crippen LogP contribution < -0.4 is 0 Å². The first-order chi connectivity index (χ1) is 8.88. The Hall–Kier alpha value is -1.10. The Bertz CT molecular complexity index is 329. The second-order valence-corrected chi connectivity index (χ2v) is 5.83. The molecule has 0 saturated heterocycles. The molecule has 0 heterocycles. The highest BCUT2D eigenvalue weighted by molar-refractivity contribution is 5.85. The molecule has 3 unspecified atom stereocenters. The normalized spacial score (nSPS) is 26.7. The molecular formula is C14H25NO4. The number of hydrogen-bond acceptors (Lipinski definition) is 3. The molecule has 0 bridgehead atoms. The summed E-state index contributed by atoms with van der Waals surface area (Å²) in [6, 6.07) is 0.0319. The number of carboxylic acid groups (broad SMARTS) is 1. The molecule has 1 aliphatic rings. The second kappa shape index (κ2) is 6.89. The number of rotatable bonds is 6. The van der Waals surface area contributed by atoms with Crippen LogP contribution in [-0.4, -0.2) is 46.2 Å². The van der Waals surface area contributed by atoms with E-state index in [2.05, 4.69) is 0 Å². The predicted octanol–water partition coefficient (Wildman–Crippen LogP) is 1.35. The SMILES string of the molecule is CC1CC(C(=O)O)C(C(=O)N(CCCO)C(C)C)C1. The van der Waals surface area contributed by atoms with Crippen molar-refractivity contribution in [1.82, 2.24) is 4.90 Å². The molecular weight excluding hydrogens is 246 g/mol. The molecule has 3 atom stereocenters. The minimum Gasteiger partial charge on any atom is -0.481 e. The van der Waals surface area contributed by atoms with E-state index in [1.807, 2.05) is 20.8 Å². The van der Waals surface area contributed by atoms with Gasteiger partial charge in [0.2, 0.25) is 5.91 Å². The zero-order valence-corrected chi connectivity index (χ0v) is 12.0. The summed E-state index contributed by atoms with van der Waals surface area (Å²) in [5.41, 5.74) is 0. The first-order valence-electron chi connectivity index (χ1n) is 7.02. The first kappa shape index (κ1) is 16.0. The molecule has 5 heteroatoms. The third-order valence-corrected chi connectivity index (χ3v) is 3.90. The molecule has 1 saturated carbocycles. The van der Waals surface area contributed by atoms with Gasteiger partial charge in [-0.25, -0.2) is 0 Å². The van der Waals surface area contributed by atoms with Crippen molar-refractivity contribution in [2.75, 3.05) is 13.2 Å². The molecule has 0 spiro atoms. The van der Waals surface area contributed by atoms with E-state index in [1.54, 1.807) is 4.90 Å². The molecule has 0 aromatic rings. The molecule has 19 heavy (non-hydrogen) atoms. The Balaban J connectivity index is 2.80. The van der Waals surface area contributed by atoms with Gasteiger partial charge in [0.15, 0.2) is 0 Å². The maximum absolute atomic E-state index is 12.5. The van der Waals surface area contributed by atoms with Crippen molar-refractivity contribution in [3.63, 3.8) is 0 Å². The number of carbonyl (C=O) groups is 2. The predicted molar refractivity (Wildman–Crippen MR) is 71.6 cm³/mol. The van der Waals surface area contributed by atoms with Crippen molar-refractivity contribution in [2.24, 2.45) is 17.8 Å². The Kier molecular flexibility index (Phi) is 5.79. The van der Waals surface area contributed by atoms with E-state index in [0.717, 1.165) is 0 Å². The molecule has 1 amide bonds. The third kappa shape index (κ3) is 3.93. The molecule has 110 valence electrons. The largest absolute Gasteiger partial charge is 0.481 e. The molecule has 1 rings (SSSR count). The van der Waals surface area contributed by atoms with Gasteiger partial charge in [0, 0.05) is 19.2 Å². The number of aliphatic hydroxyl groups is 1. The van der Waals surface area contributed by atoms with E-state index in [-0.39, 0.29) is 24.5 Å². The zero-order chi connectivity index (χ0) is 14.6. The molecule has 2 N–H and O–H groups in total. The first-order valence-corrected chi connectivity index (χ1v) is 7.02. The summed E-state index contributed by atoms with van der Waals surface area (Å²) in [4.78, 5) is 25.5. The Morgan fingerprint density at radius 3 is 2.32 bits per heavy atom. The van der Waals surface area contributed by atoms with Crippen LogP contribution in [0.4, 0.5) is 0 Å². The number of carbonyl (C=O) groups excluding carboxylic acids is 1. The molecule has 1 aliphatic carbocycles. The topological polar surface area (TPSA) is 77.8 Å². The summed E-state index contributed by atoms with van der Waals surface area (Å²) in [6.45, 7) is 6.37. The Morgan fingerprint density at radius 2 is 1.84 bits per heavy atom. The van der Waals surface area contributed by atoms with Crippen molar-refractivity contribution in [3.8, 4) is 0 Å². The van der Waals surface area contributed by atoms with Gasteiger partial charge in [0.1, 0.15) is 0 Å². The molecule has 0 radical (unpaired) electrons. The summed E-state index contributed by atoms with van der Waals surface area (Å²) >= 11 is 0. The lowest BCUT2D eigenvalue weighted by Crippen LogP contribution is -2.43. The minimum absolute atomic E-state index is 0.0319. The third-order valence-electron chi connectivity index (χ3n) is 3.90. The van der Waals surface area contributed by atoms with E-state index >= 15 is 0 Å². The van der Waals surface area contributed by atoms with Gasteiger partial charge in [0.05, 0.1) is 11.8 Å². The summed E-state index contributed by atoms with van der Waals surface area (Å²) in [5, 5.41) is 18.1. The van der Waals surface area contributed by atoms with Crippen LogP contribution >= 0.6 is 0 Å². The average Bonchev–Trinajstić information content (AvgIpc) is 2.71. The molecule has 0 aromatic heterocycles. The summed E-state index contributed by atoms with van der Waals surface area (Å²) in [7, 11) is 0. The van der Waals surface area contributed by atoms with Crippen LogP contribution in [0.1, 0.15) is 40.0 Å². The van der Waals surface area contributed by atoms with Crippen molar-refractivity contribution < 1.29 is 19.8 Å².